The van der Waals surface area contributed by atoms with E-state index in [-0.39, 0.29) is 11.8 Å². The molecule has 2 amide bonds. The summed E-state index contributed by atoms with van der Waals surface area (Å²) >= 11 is 0. The van der Waals surface area contributed by atoms with Gasteiger partial charge in [0.25, 0.3) is 5.91 Å². The zero-order chi connectivity index (χ0) is 26.1. The molecule has 0 aliphatic carbocycles. The number of hydrogen-bond donors (Lipinski definition) is 0. The molecule has 1 aromatic heterocycles. The molecule has 192 valence electrons. The lowest BCUT2D eigenvalue weighted by Gasteiger charge is -2.43. The van der Waals surface area contributed by atoms with E-state index in [1.54, 1.807) is 48.5 Å². The van der Waals surface area contributed by atoms with Crippen LogP contribution in [0, 0.1) is 5.82 Å². The second-order valence-corrected chi connectivity index (χ2v) is 9.15. The van der Waals surface area contributed by atoms with Gasteiger partial charge >= 0.3 is 0 Å². The fourth-order valence-electron chi connectivity index (χ4n) is 5.31. The molecule has 0 radical (unpaired) electrons. The van der Waals surface area contributed by atoms with Crippen LogP contribution in [-0.4, -0.2) is 74.0 Å². The van der Waals surface area contributed by atoms with Crippen molar-refractivity contribution in [3.8, 4) is 11.5 Å². The van der Waals surface area contributed by atoms with Crippen molar-refractivity contribution in [2.24, 2.45) is 0 Å². The summed E-state index contributed by atoms with van der Waals surface area (Å²) in [5.41, 5.74) is 1.15. The van der Waals surface area contributed by atoms with Crippen LogP contribution in [0.2, 0.25) is 0 Å². The number of piperazine rings is 1. The quantitative estimate of drug-likeness (QED) is 0.530. The number of fused-ring (bicyclic) bond motifs is 1. The van der Waals surface area contributed by atoms with E-state index in [1.165, 1.54) is 25.2 Å². The number of anilines is 1. The summed E-state index contributed by atoms with van der Waals surface area (Å²) in [6.45, 7) is 2.20. The topological polar surface area (TPSA) is 75.2 Å². The normalized spacial score (nSPS) is 19.5. The Morgan fingerprint density at radius 3 is 2.27 bits per heavy atom. The van der Waals surface area contributed by atoms with Crippen molar-refractivity contribution in [2.75, 3.05) is 52.3 Å². The van der Waals surface area contributed by atoms with Crippen LogP contribution in [0.25, 0.3) is 0 Å². The number of carbonyl (C=O) groups is 2. The Morgan fingerprint density at radius 2 is 1.62 bits per heavy atom. The summed E-state index contributed by atoms with van der Waals surface area (Å²) in [6, 6.07) is 14.5. The van der Waals surface area contributed by atoms with Gasteiger partial charge in [0, 0.05) is 50.6 Å². The van der Waals surface area contributed by atoms with Gasteiger partial charge in [0.1, 0.15) is 11.6 Å². The first kappa shape index (κ1) is 24.5. The standard InChI is InChI=1S/C28H29FN4O4/c1-31-26(18-8-4-5-9-21(18)29)25(19-16-22(36-2)23(37-3)17-20(19)27(31)34)28(35)33-14-12-32(13-15-33)24-10-6-7-11-30-24/h4-11,16-17,25-26H,12-15H2,1-3H3. The molecule has 1 fully saturated rings. The van der Waals surface area contributed by atoms with E-state index < -0.39 is 17.8 Å². The van der Waals surface area contributed by atoms with Crippen LogP contribution in [0.5, 0.6) is 11.5 Å². The van der Waals surface area contributed by atoms with E-state index in [9.17, 15) is 9.59 Å². The van der Waals surface area contributed by atoms with Gasteiger partial charge in [-0.1, -0.05) is 24.3 Å². The molecule has 1 saturated heterocycles. The number of amides is 2. The van der Waals surface area contributed by atoms with Crippen LogP contribution in [0.4, 0.5) is 10.2 Å². The fourth-order valence-corrected chi connectivity index (χ4v) is 5.31. The second-order valence-electron chi connectivity index (χ2n) is 9.15. The number of hydrogen-bond acceptors (Lipinski definition) is 6. The van der Waals surface area contributed by atoms with Gasteiger partial charge in [0.15, 0.2) is 11.5 Å². The van der Waals surface area contributed by atoms with E-state index in [4.69, 9.17) is 9.47 Å². The predicted molar refractivity (Wildman–Crippen MR) is 137 cm³/mol. The number of benzene rings is 2. The Kier molecular flexibility index (Phi) is 6.69. The molecule has 2 aromatic carbocycles. The third kappa shape index (κ3) is 4.34. The molecule has 0 bridgehead atoms. The van der Waals surface area contributed by atoms with Gasteiger partial charge < -0.3 is 24.2 Å². The zero-order valence-corrected chi connectivity index (χ0v) is 21.1. The second kappa shape index (κ2) is 10.1. The van der Waals surface area contributed by atoms with Crippen LogP contribution in [0.3, 0.4) is 0 Å². The number of halogens is 1. The Hall–Kier alpha value is -4.14. The molecule has 0 spiro atoms. The van der Waals surface area contributed by atoms with Crippen molar-refractivity contribution in [1.82, 2.24) is 14.8 Å². The number of ether oxygens (including phenoxy) is 2. The fraction of sp³-hybridized carbons (Fsp3) is 0.321. The number of carbonyl (C=O) groups excluding carboxylic acids is 2. The number of pyridine rings is 1. The average molecular weight is 505 g/mol. The lowest BCUT2D eigenvalue weighted by atomic mass is 9.78. The number of likely N-dealkylation sites (N-methyl/N-ethyl adjacent to an activating group) is 1. The minimum atomic E-state index is -0.823. The highest BCUT2D eigenvalue weighted by Gasteiger charge is 2.46. The van der Waals surface area contributed by atoms with Crippen LogP contribution < -0.4 is 14.4 Å². The SMILES string of the molecule is COc1cc2c(cc1OC)C(C(=O)N1CCN(c3ccccn3)CC1)C(c1ccccc1F)N(C)C2=O. The van der Waals surface area contributed by atoms with Gasteiger partial charge in [-0.05, 0) is 35.9 Å². The third-order valence-electron chi connectivity index (χ3n) is 7.23. The highest BCUT2D eigenvalue weighted by atomic mass is 19.1. The highest BCUT2D eigenvalue weighted by Crippen LogP contribution is 2.46. The van der Waals surface area contributed by atoms with Crippen LogP contribution >= 0.6 is 0 Å². The molecular weight excluding hydrogens is 475 g/mol. The number of nitrogens with zero attached hydrogens (tertiary/aromatic N) is 4. The molecule has 0 N–H and O–H groups in total. The van der Waals surface area contributed by atoms with Gasteiger partial charge in [0.05, 0.1) is 26.2 Å². The Bertz CT molecular complexity index is 1310. The number of rotatable bonds is 5. The van der Waals surface area contributed by atoms with Crippen molar-refractivity contribution in [1.29, 1.82) is 0 Å². The maximum Gasteiger partial charge on any atom is 0.254 e. The van der Waals surface area contributed by atoms with Crippen LogP contribution in [0.1, 0.15) is 33.4 Å². The van der Waals surface area contributed by atoms with Crippen molar-refractivity contribution >= 4 is 17.6 Å². The Balaban J connectivity index is 1.55. The molecule has 2 aliphatic rings. The molecule has 8 nitrogen and oxygen atoms in total. The summed E-state index contributed by atoms with van der Waals surface area (Å²) < 4.78 is 26.0. The monoisotopic (exact) mass is 504 g/mol. The molecule has 0 saturated carbocycles. The maximum absolute atomic E-state index is 15.1. The first-order valence-corrected chi connectivity index (χ1v) is 12.2. The Morgan fingerprint density at radius 1 is 0.946 bits per heavy atom. The lowest BCUT2D eigenvalue weighted by molar-refractivity contribution is -0.134. The summed E-state index contributed by atoms with van der Waals surface area (Å²) in [4.78, 5) is 37.5. The van der Waals surface area contributed by atoms with Gasteiger partial charge in [-0.15, -0.1) is 0 Å². The van der Waals surface area contributed by atoms with Gasteiger partial charge in [-0.2, -0.15) is 0 Å². The molecular formula is C28H29FN4O4. The molecule has 37 heavy (non-hydrogen) atoms. The molecule has 3 heterocycles. The average Bonchev–Trinajstić information content (AvgIpc) is 2.95. The number of methoxy groups -OCH3 is 2. The van der Waals surface area contributed by atoms with E-state index in [0.29, 0.717) is 54.4 Å². The molecule has 9 heteroatoms. The maximum atomic E-state index is 15.1. The van der Waals surface area contributed by atoms with E-state index in [0.717, 1.165) is 5.82 Å². The van der Waals surface area contributed by atoms with Crippen molar-refractivity contribution in [3.63, 3.8) is 0 Å². The largest absolute Gasteiger partial charge is 0.493 e. The zero-order valence-electron chi connectivity index (χ0n) is 21.1. The van der Waals surface area contributed by atoms with Gasteiger partial charge in [-0.3, -0.25) is 9.59 Å². The van der Waals surface area contributed by atoms with Crippen molar-refractivity contribution in [2.45, 2.75) is 12.0 Å². The van der Waals surface area contributed by atoms with Crippen molar-refractivity contribution in [3.05, 3.63) is 83.3 Å². The molecule has 3 aromatic rings. The molecule has 5 rings (SSSR count). The minimum absolute atomic E-state index is 0.165. The molecule has 2 aliphatic heterocycles. The molecule has 2 atom stereocenters. The summed E-state index contributed by atoms with van der Waals surface area (Å²) in [7, 11) is 4.61. The van der Waals surface area contributed by atoms with E-state index in [1.807, 2.05) is 18.2 Å². The first-order chi connectivity index (χ1) is 17.9. The predicted octanol–water partition coefficient (Wildman–Crippen LogP) is 3.50. The smallest absolute Gasteiger partial charge is 0.254 e. The van der Waals surface area contributed by atoms with Crippen LogP contribution in [0.15, 0.2) is 60.8 Å². The van der Waals surface area contributed by atoms with Crippen molar-refractivity contribution < 1.29 is 23.5 Å². The Labute approximate surface area is 215 Å². The third-order valence-corrected chi connectivity index (χ3v) is 7.23. The lowest BCUT2D eigenvalue weighted by Crippen LogP contribution is -2.53. The van der Waals surface area contributed by atoms with Crippen LogP contribution in [-0.2, 0) is 4.79 Å². The molecule has 2 unspecified atom stereocenters. The van der Waals surface area contributed by atoms with Gasteiger partial charge in [0.2, 0.25) is 5.91 Å². The summed E-state index contributed by atoms with van der Waals surface area (Å²) in [5, 5.41) is 0. The summed E-state index contributed by atoms with van der Waals surface area (Å²) in [5.74, 6) is -0.102. The van der Waals surface area contributed by atoms with Gasteiger partial charge in [-0.25, -0.2) is 9.37 Å². The highest BCUT2D eigenvalue weighted by molar-refractivity contribution is 6.02. The van der Waals surface area contributed by atoms with E-state index >= 15 is 4.39 Å². The minimum Gasteiger partial charge on any atom is -0.493 e. The van der Waals surface area contributed by atoms with E-state index in [2.05, 4.69) is 9.88 Å². The number of aromatic nitrogens is 1. The first-order valence-electron chi connectivity index (χ1n) is 12.2. The summed E-state index contributed by atoms with van der Waals surface area (Å²) in [6.07, 6.45) is 1.75.